The summed E-state index contributed by atoms with van der Waals surface area (Å²) in [6.45, 7) is 0. The molecule has 1 aliphatic rings. The van der Waals surface area contributed by atoms with E-state index >= 15 is 0 Å². The van der Waals surface area contributed by atoms with E-state index in [1.165, 1.54) is 5.56 Å². The molecule has 1 aromatic carbocycles. The summed E-state index contributed by atoms with van der Waals surface area (Å²) in [4.78, 5) is 0. The van der Waals surface area contributed by atoms with Crippen molar-refractivity contribution in [2.75, 3.05) is 7.11 Å². The van der Waals surface area contributed by atoms with Crippen molar-refractivity contribution in [1.29, 1.82) is 0 Å². The minimum Gasteiger partial charge on any atom is -0.497 e. The summed E-state index contributed by atoms with van der Waals surface area (Å²) >= 11 is 0. The molecule has 0 saturated heterocycles. The maximum atomic E-state index is 6.04. The minimum absolute atomic E-state index is 0.0471. The number of rotatable bonds is 2. The normalized spacial score (nSPS) is 18.8. The summed E-state index contributed by atoms with van der Waals surface area (Å²) in [5, 5.41) is 0. The maximum Gasteiger partial charge on any atom is 0.119 e. The molecule has 1 saturated carbocycles. The summed E-state index contributed by atoms with van der Waals surface area (Å²) in [7, 11) is 1.68. The van der Waals surface area contributed by atoms with Gasteiger partial charge >= 0.3 is 0 Å². The van der Waals surface area contributed by atoms with Gasteiger partial charge in [0.05, 0.1) is 7.11 Å². The van der Waals surface area contributed by atoms with Crippen LogP contribution >= 0.6 is 0 Å². The van der Waals surface area contributed by atoms with E-state index in [1.54, 1.807) is 7.11 Å². The van der Waals surface area contributed by atoms with Crippen LogP contribution in [-0.2, 0) is 5.54 Å². The van der Waals surface area contributed by atoms with Crippen LogP contribution in [0.1, 0.15) is 18.4 Å². The van der Waals surface area contributed by atoms with Gasteiger partial charge in [-0.3, -0.25) is 0 Å². The van der Waals surface area contributed by atoms with E-state index in [-0.39, 0.29) is 5.54 Å². The fourth-order valence-corrected chi connectivity index (χ4v) is 1.36. The van der Waals surface area contributed by atoms with E-state index < -0.39 is 0 Å². The van der Waals surface area contributed by atoms with Crippen LogP contribution in [0.25, 0.3) is 0 Å². The molecule has 0 heterocycles. The molecule has 12 heavy (non-hydrogen) atoms. The second-order valence-electron chi connectivity index (χ2n) is 3.39. The molecule has 2 heteroatoms. The zero-order valence-corrected chi connectivity index (χ0v) is 7.21. The van der Waals surface area contributed by atoms with Crippen molar-refractivity contribution in [3.8, 4) is 5.75 Å². The molecule has 0 aromatic heterocycles. The Morgan fingerprint density at radius 3 is 2.75 bits per heavy atom. The van der Waals surface area contributed by atoms with Crippen LogP contribution in [0.15, 0.2) is 24.3 Å². The molecular weight excluding hydrogens is 150 g/mol. The van der Waals surface area contributed by atoms with E-state index in [2.05, 4.69) is 6.07 Å². The highest BCUT2D eigenvalue weighted by Gasteiger charge is 2.39. The highest BCUT2D eigenvalue weighted by Crippen LogP contribution is 2.43. The molecule has 0 bridgehead atoms. The summed E-state index contributed by atoms with van der Waals surface area (Å²) in [5.41, 5.74) is 7.18. The Labute approximate surface area is 72.3 Å². The lowest BCUT2D eigenvalue weighted by molar-refractivity contribution is 0.413. The van der Waals surface area contributed by atoms with Gasteiger partial charge in [-0.2, -0.15) is 0 Å². The topological polar surface area (TPSA) is 35.2 Å². The molecular formula is C10H13NO. The lowest BCUT2D eigenvalue weighted by atomic mass is 10.1. The van der Waals surface area contributed by atoms with E-state index in [0.29, 0.717) is 0 Å². The van der Waals surface area contributed by atoms with Crippen LogP contribution in [0.4, 0.5) is 0 Å². The standard InChI is InChI=1S/C10H13NO/c1-12-9-4-2-3-8(7-9)10(11)5-6-10/h2-4,7H,5-6,11H2,1H3. The number of ether oxygens (including phenoxy) is 1. The average Bonchev–Trinajstić information content (AvgIpc) is 2.85. The van der Waals surface area contributed by atoms with Gasteiger partial charge in [0.25, 0.3) is 0 Å². The van der Waals surface area contributed by atoms with E-state index in [4.69, 9.17) is 10.5 Å². The van der Waals surface area contributed by atoms with E-state index in [0.717, 1.165) is 18.6 Å². The van der Waals surface area contributed by atoms with Crippen LogP contribution in [-0.4, -0.2) is 7.11 Å². The maximum absolute atomic E-state index is 6.04. The number of nitrogens with two attached hydrogens (primary N) is 1. The Morgan fingerprint density at radius 1 is 1.42 bits per heavy atom. The molecule has 0 aliphatic heterocycles. The summed E-state index contributed by atoms with van der Waals surface area (Å²) in [5.74, 6) is 0.893. The number of benzene rings is 1. The van der Waals surface area contributed by atoms with Crippen molar-refractivity contribution in [3.63, 3.8) is 0 Å². The van der Waals surface area contributed by atoms with Gasteiger partial charge in [-0.15, -0.1) is 0 Å². The Kier molecular flexibility index (Phi) is 1.58. The van der Waals surface area contributed by atoms with Gasteiger partial charge in [-0.1, -0.05) is 12.1 Å². The molecule has 1 aromatic rings. The molecule has 1 aliphatic carbocycles. The first-order chi connectivity index (χ1) is 5.74. The molecule has 0 radical (unpaired) electrons. The van der Waals surface area contributed by atoms with Crippen LogP contribution in [0.5, 0.6) is 5.75 Å². The highest BCUT2D eigenvalue weighted by atomic mass is 16.5. The van der Waals surface area contributed by atoms with Gasteiger partial charge in [0.1, 0.15) is 5.75 Å². The minimum atomic E-state index is -0.0471. The van der Waals surface area contributed by atoms with Crippen molar-refractivity contribution >= 4 is 0 Å². The van der Waals surface area contributed by atoms with Crippen molar-refractivity contribution in [1.82, 2.24) is 0 Å². The third kappa shape index (κ3) is 1.18. The van der Waals surface area contributed by atoms with Gasteiger partial charge in [0.15, 0.2) is 0 Å². The van der Waals surface area contributed by atoms with Crippen LogP contribution in [0, 0.1) is 0 Å². The van der Waals surface area contributed by atoms with Gasteiger partial charge in [0, 0.05) is 5.54 Å². The largest absolute Gasteiger partial charge is 0.497 e. The van der Waals surface area contributed by atoms with E-state index in [9.17, 15) is 0 Å². The lowest BCUT2D eigenvalue weighted by Crippen LogP contribution is -2.18. The van der Waals surface area contributed by atoms with Gasteiger partial charge in [0.2, 0.25) is 0 Å². The Balaban J connectivity index is 2.32. The summed E-state index contributed by atoms with van der Waals surface area (Å²) in [6.07, 6.45) is 2.19. The van der Waals surface area contributed by atoms with Crippen LogP contribution in [0.3, 0.4) is 0 Å². The van der Waals surface area contributed by atoms with Crippen LogP contribution in [0.2, 0.25) is 0 Å². The molecule has 0 unspecified atom stereocenters. The van der Waals surface area contributed by atoms with Crippen LogP contribution < -0.4 is 10.5 Å². The molecule has 64 valence electrons. The van der Waals surface area contributed by atoms with Gasteiger partial charge in [-0.05, 0) is 30.5 Å². The number of methoxy groups -OCH3 is 1. The molecule has 0 atom stereocenters. The summed E-state index contributed by atoms with van der Waals surface area (Å²) < 4.78 is 5.12. The number of hydrogen-bond acceptors (Lipinski definition) is 2. The Bertz CT molecular complexity index is 292. The zero-order chi connectivity index (χ0) is 8.60. The smallest absolute Gasteiger partial charge is 0.119 e. The first-order valence-electron chi connectivity index (χ1n) is 4.18. The second kappa shape index (κ2) is 2.49. The predicted octanol–water partition coefficient (Wildman–Crippen LogP) is 1.64. The monoisotopic (exact) mass is 163 g/mol. The predicted molar refractivity (Wildman–Crippen MR) is 48.1 cm³/mol. The fourth-order valence-electron chi connectivity index (χ4n) is 1.36. The third-order valence-corrected chi connectivity index (χ3v) is 2.43. The molecule has 0 spiro atoms. The fraction of sp³-hybridized carbons (Fsp3) is 0.400. The molecule has 2 rings (SSSR count). The molecule has 0 amide bonds. The second-order valence-corrected chi connectivity index (χ2v) is 3.39. The first kappa shape index (κ1) is 7.62. The molecule has 2 N–H and O–H groups in total. The highest BCUT2D eigenvalue weighted by molar-refractivity contribution is 5.36. The van der Waals surface area contributed by atoms with Crippen molar-refractivity contribution in [3.05, 3.63) is 29.8 Å². The van der Waals surface area contributed by atoms with Crippen molar-refractivity contribution in [2.24, 2.45) is 5.73 Å². The Morgan fingerprint density at radius 2 is 2.17 bits per heavy atom. The summed E-state index contributed by atoms with van der Waals surface area (Å²) in [6, 6.07) is 8.01. The number of hydrogen-bond donors (Lipinski definition) is 1. The molecule has 2 nitrogen and oxygen atoms in total. The van der Waals surface area contributed by atoms with Crippen molar-refractivity contribution < 1.29 is 4.74 Å². The zero-order valence-electron chi connectivity index (χ0n) is 7.21. The third-order valence-electron chi connectivity index (χ3n) is 2.43. The van der Waals surface area contributed by atoms with Gasteiger partial charge in [-0.25, -0.2) is 0 Å². The Hall–Kier alpha value is -1.02. The lowest BCUT2D eigenvalue weighted by Gasteiger charge is -2.09. The SMILES string of the molecule is COc1cccc(C2(N)CC2)c1. The van der Waals surface area contributed by atoms with Crippen molar-refractivity contribution in [2.45, 2.75) is 18.4 Å². The van der Waals surface area contributed by atoms with Gasteiger partial charge < -0.3 is 10.5 Å². The average molecular weight is 163 g/mol. The first-order valence-corrected chi connectivity index (χ1v) is 4.18. The molecule has 1 fully saturated rings. The quantitative estimate of drug-likeness (QED) is 0.719. The van der Waals surface area contributed by atoms with E-state index in [1.807, 2.05) is 18.2 Å².